The summed E-state index contributed by atoms with van der Waals surface area (Å²) in [5.41, 5.74) is 0.733. The molecule has 0 aromatic carbocycles. The smallest absolute Gasteiger partial charge is 0.247 e. The number of likely N-dealkylation sites (N-methyl/N-ethyl adjacent to an activating group) is 1. The van der Waals surface area contributed by atoms with Crippen LogP contribution in [-0.4, -0.2) is 57.7 Å². The summed E-state index contributed by atoms with van der Waals surface area (Å²) in [5.74, 6) is -0.970. The quantitative estimate of drug-likeness (QED) is 0.741. The molecule has 1 aliphatic heterocycles. The minimum Gasteiger partial charge on any atom is -0.354 e. The Labute approximate surface area is 165 Å². The summed E-state index contributed by atoms with van der Waals surface area (Å²) in [6.07, 6.45) is 4.12. The molecule has 142 valence electrons. The van der Waals surface area contributed by atoms with Gasteiger partial charge in [0.15, 0.2) is 11.7 Å². The van der Waals surface area contributed by atoms with Crippen molar-refractivity contribution < 1.29 is 9.59 Å². The average Bonchev–Trinajstić information content (AvgIpc) is 3.03. The van der Waals surface area contributed by atoms with E-state index in [9.17, 15) is 14.9 Å². The van der Waals surface area contributed by atoms with Crippen LogP contribution in [0.1, 0.15) is 20.3 Å². The van der Waals surface area contributed by atoms with Gasteiger partial charge in [0, 0.05) is 30.8 Å². The lowest BCUT2D eigenvalue weighted by Crippen LogP contribution is -2.54. The number of nitrogens with zero attached hydrogens (tertiary/aromatic N) is 5. The number of fused-ring (bicyclic) bond motifs is 1. The first-order valence-corrected chi connectivity index (χ1v) is 9.53. The van der Waals surface area contributed by atoms with Gasteiger partial charge in [0.1, 0.15) is 17.8 Å². The summed E-state index contributed by atoms with van der Waals surface area (Å²) in [6, 6.07) is 1.84. The van der Waals surface area contributed by atoms with Crippen LogP contribution in [0.5, 0.6) is 0 Å². The SMILES string of the molecule is CC(=O)C(C#N)C(=O)N1CC[C@@H](C)[C@@H](N(C)c2ncnc3[nH]cc(Br)c23)C1. The zero-order valence-electron chi connectivity index (χ0n) is 15.4. The molecule has 1 amide bonds. The number of nitrogens with one attached hydrogen (secondary N) is 1. The predicted molar refractivity (Wildman–Crippen MR) is 104 cm³/mol. The van der Waals surface area contributed by atoms with Crippen molar-refractivity contribution >= 4 is 44.5 Å². The molecule has 0 radical (unpaired) electrons. The number of aromatic amines is 1. The number of ketones is 1. The number of H-pyrrole nitrogens is 1. The van der Waals surface area contributed by atoms with Gasteiger partial charge in [-0.15, -0.1) is 0 Å². The Kier molecular flexibility index (Phi) is 5.46. The first-order chi connectivity index (χ1) is 12.8. The molecule has 8 nitrogen and oxygen atoms in total. The van der Waals surface area contributed by atoms with Crippen LogP contribution in [0.3, 0.4) is 0 Å². The summed E-state index contributed by atoms with van der Waals surface area (Å²) in [7, 11) is 1.95. The zero-order chi connectivity index (χ0) is 19.7. The number of anilines is 1. The van der Waals surface area contributed by atoms with Crippen molar-refractivity contribution in [3.63, 3.8) is 0 Å². The van der Waals surface area contributed by atoms with Gasteiger partial charge in [-0.1, -0.05) is 6.92 Å². The number of rotatable bonds is 4. The lowest BCUT2D eigenvalue weighted by Gasteiger charge is -2.42. The number of halogens is 1. The predicted octanol–water partition coefficient (Wildman–Crippen LogP) is 2.12. The Morgan fingerprint density at radius 1 is 1.48 bits per heavy atom. The van der Waals surface area contributed by atoms with Crippen molar-refractivity contribution in [3.05, 3.63) is 17.0 Å². The molecule has 1 aliphatic rings. The lowest BCUT2D eigenvalue weighted by molar-refractivity contribution is -0.139. The molecule has 3 rings (SSSR count). The number of piperidine rings is 1. The average molecular weight is 433 g/mol. The van der Waals surface area contributed by atoms with Crippen LogP contribution in [0.2, 0.25) is 0 Å². The van der Waals surface area contributed by atoms with E-state index in [1.54, 1.807) is 4.90 Å². The second kappa shape index (κ2) is 7.64. The van der Waals surface area contributed by atoms with Crippen molar-refractivity contribution in [2.24, 2.45) is 11.8 Å². The molecule has 3 atom stereocenters. The van der Waals surface area contributed by atoms with Crippen molar-refractivity contribution in [1.29, 1.82) is 5.26 Å². The van der Waals surface area contributed by atoms with Crippen LogP contribution in [0, 0.1) is 23.2 Å². The molecule has 9 heteroatoms. The highest BCUT2D eigenvalue weighted by Crippen LogP contribution is 2.33. The van der Waals surface area contributed by atoms with Gasteiger partial charge in [-0.05, 0) is 35.2 Å². The molecule has 0 bridgehead atoms. The van der Waals surface area contributed by atoms with E-state index < -0.39 is 17.6 Å². The second-order valence-corrected chi connectivity index (χ2v) is 7.81. The third-order valence-corrected chi connectivity index (χ3v) is 5.87. The van der Waals surface area contributed by atoms with E-state index in [4.69, 9.17) is 0 Å². The van der Waals surface area contributed by atoms with E-state index in [1.807, 2.05) is 19.3 Å². The Balaban J connectivity index is 1.88. The minimum absolute atomic E-state index is 0.00824. The third-order valence-electron chi connectivity index (χ3n) is 5.25. The molecule has 1 saturated heterocycles. The van der Waals surface area contributed by atoms with Gasteiger partial charge < -0.3 is 14.8 Å². The topological polar surface area (TPSA) is 106 Å². The number of aromatic nitrogens is 3. The normalized spacial score (nSPS) is 20.9. The van der Waals surface area contributed by atoms with Gasteiger partial charge >= 0.3 is 0 Å². The summed E-state index contributed by atoms with van der Waals surface area (Å²) in [6.45, 7) is 4.40. The van der Waals surface area contributed by atoms with E-state index in [0.29, 0.717) is 19.0 Å². The number of nitriles is 1. The van der Waals surface area contributed by atoms with E-state index in [-0.39, 0.29) is 6.04 Å². The number of amides is 1. The molecular formula is C18H21BrN6O2. The van der Waals surface area contributed by atoms with Crippen molar-refractivity contribution in [3.8, 4) is 6.07 Å². The highest BCUT2D eigenvalue weighted by atomic mass is 79.9. The minimum atomic E-state index is -1.23. The Hall–Kier alpha value is -2.47. The monoisotopic (exact) mass is 432 g/mol. The van der Waals surface area contributed by atoms with Crippen LogP contribution in [-0.2, 0) is 9.59 Å². The van der Waals surface area contributed by atoms with Crippen LogP contribution >= 0.6 is 15.9 Å². The van der Waals surface area contributed by atoms with Gasteiger partial charge in [0.2, 0.25) is 5.91 Å². The fourth-order valence-electron chi connectivity index (χ4n) is 3.59. The summed E-state index contributed by atoms with van der Waals surface area (Å²) < 4.78 is 0.873. The molecule has 27 heavy (non-hydrogen) atoms. The molecule has 0 saturated carbocycles. The van der Waals surface area contributed by atoms with Gasteiger partial charge in [-0.25, -0.2) is 9.97 Å². The first-order valence-electron chi connectivity index (χ1n) is 8.74. The molecular weight excluding hydrogens is 412 g/mol. The maximum atomic E-state index is 12.6. The van der Waals surface area contributed by atoms with Crippen LogP contribution in [0.25, 0.3) is 11.0 Å². The molecule has 1 unspecified atom stereocenters. The number of carbonyl (C=O) groups excluding carboxylic acids is 2. The van der Waals surface area contributed by atoms with E-state index in [1.165, 1.54) is 13.3 Å². The van der Waals surface area contributed by atoms with Crippen LogP contribution in [0.4, 0.5) is 5.82 Å². The fourth-order valence-corrected chi connectivity index (χ4v) is 4.07. The van der Waals surface area contributed by atoms with Crippen molar-refractivity contribution in [2.75, 3.05) is 25.0 Å². The van der Waals surface area contributed by atoms with Gasteiger partial charge in [-0.3, -0.25) is 9.59 Å². The first kappa shape index (κ1) is 19.3. The number of carbonyl (C=O) groups is 2. The highest BCUT2D eigenvalue weighted by Gasteiger charge is 2.36. The van der Waals surface area contributed by atoms with Gasteiger partial charge in [-0.2, -0.15) is 5.26 Å². The van der Waals surface area contributed by atoms with Crippen molar-refractivity contribution in [1.82, 2.24) is 19.9 Å². The van der Waals surface area contributed by atoms with Crippen LogP contribution < -0.4 is 4.90 Å². The largest absolute Gasteiger partial charge is 0.354 e. The number of hydrogen-bond acceptors (Lipinski definition) is 6. The van der Waals surface area contributed by atoms with Crippen LogP contribution in [0.15, 0.2) is 17.0 Å². The maximum Gasteiger partial charge on any atom is 0.247 e. The lowest BCUT2D eigenvalue weighted by atomic mass is 9.91. The number of hydrogen-bond donors (Lipinski definition) is 1. The summed E-state index contributed by atoms with van der Waals surface area (Å²) in [4.78, 5) is 39.7. The van der Waals surface area contributed by atoms with Crippen molar-refractivity contribution in [2.45, 2.75) is 26.3 Å². The van der Waals surface area contributed by atoms with E-state index >= 15 is 0 Å². The number of likely N-dealkylation sites (tertiary alicyclic amines) is 1. The number of Topliss-reactive ketones (excluding diaryl/α,β-unsaturated/α-hetero) is 1. The van der Waals surface area contributed by atoms with Gasteiger partial charge in [0.25, 0.3) is 0 Å². The Bertz CT molecular complexity index is 920. The Morgan fingerprint density at radius 3 is 2.89 bits per heavy atom. The molecule has 0 spiro atoms. The molecule has 2 aromatic heterocycles. The zero-order valence-corrected chi connectivity index (χ0v) is 17.0. The summed E-state index contributed by atoms with van der Waals surface area (Å²) >= 11 is 3.53. The van der Waals surface area contributed by atoms with E-state index in [2.05, 4.69) is 42.7 Å². The second-order valence-electron chi connectivity index (χ2n) is 6.96. The highest BCUT2D eigenvalue weighted by molar-refractivity contribution is 9.10. The van der Waals surface area contributed by atoms with E-state index in [0.717, 1.165) is 27.7 Å². The fraction of sp³-hybridized carbons (Fsp3) is 0.500. The van der Waals surface area contributed by atoms with Gasteiger partial charge in [0.05, 0.1) is 17.5 Å². The summed E-state index contributed by atoms with van der Waals surface area (Å²) in [5, 5.41) is 10.1. The Morgan fingerprint density at radius 2 is 2.22 bits per heavy atom. The molecule has 2 aromatic rings. The molecule has 1 N–H and O–H groups in total. The molecule has 1 fully saturated rings. The molecule has 3 heterocycles. The maximum absolute atomic E-state index is 12.6. The molecule has 0 aliphatic carbocycles. The third kappa shape index (κ3) is 3.54. The standard InChI is InChI=1S/C18H21BrN6O2/c1-10-4-5-25(18(27)12(6-20)11(2)26)8-14(10)24(3)17-15-13(19)7-21-16(15)22-9-23-17/h7,9-10,12,14H,4-5,8H2,1-3H3,(H,21,22,23)/t10-,12?,14+/m1/s1.